The number of nitro groups is 1. The van der Waals surface area contributed by atoms with Crippen LogP contribution in [0.25, 0.3) is 11.6 Å². The molecule has 6 nitrogen and oxygen atoms in total. The van der Waals surface area contributed by atoms with Gasteiger partial charge in [-0.05, 0) is 48.9 Å². The Balaban J connectivity index is 1.69. The second-order valence-corrected chi connectivity index (χ2v) is 6.52. The van der Waals surface area contributed by atoms with E-state index in [1.54, 1.807) is 18.2 Å². The minimum atomic E-state index is -0.471. The largest absolute Gasteiger partial charge is 0.490 e. The van der Waals surface area contributed by atoms with E-state index in [-0.39, 0.29) is 5.69 Å². The molecule has 0 unspecified atom stereocenters. The molecule has 0 aliphatic heterocycles. The third kappa shape index (κ3) is 5.46. The first kappa shape index (κ1) is 20.6. The van der Waals surface area contributed by atoms with E-state index in [2.05, 4.69) is 6.07 Å². The molecule has 30 heavy (non-hydrogen) atoms. The number of allylic oxidation sites excluding steroid dienone is 1. The Morgan fingerprint density at radius 1 is 1.00 bits per heavy atom. The van der Waals surface area contributed by atoms with Gasteiger partial charge in [-0.3, -0.25) is 10.1 Å². The number of para-hydroxylation sites is 1. The predicted octanol–water partition coefficient (Wildman–Crippen LogP) is 5.43. The molecule has 3 rings (SSSR count). The van der Waals surface area contributed by atoms with Gasteiger partial charge in [0.1, 0.15) is 24.7 Å². The second kappa shape index (κ2) is 9.89. The molecule has 3 aromatic carbocycles. The zero-order chi connectivity index (χ0) is 21.3. The number of aryl methyl sites for hydroxylation is 1. The van der Waals surface area contributed by atoms with Crippen molar-refractivity contribution < 1.29 is 14.4 Å². The average molecular weight is 400 g/mol. The third-order valence-electron chi connectivity index (χ3n) is 4.36. The fourth-order valence-electron chi connectivity index (χ4n) is 2.78. The van der Waals surface area contributed by atoms with Crippen LogP contribution < -0.4 is 9.47 Å². The quantitative estimate of drug-likeness (QED) is 0.166. The molecule has 0 spiro atoms. The topological polar surface area (TPSA) is 85.4 Å². The van der Waals surface area contributed by atoms with Crippen LogP contribution in [0.1, 0.15) is 16.7 Å². The summed E-state index contributed by atoms with van der Waals surface area (Å²) in [6.45, 7) is 2.75. The Hall–Kier alpha value is -4.11. The van der Waals surface area contributed by atoms with Crippen molar-refractivity contribution in [2.45, 2.75) is 6.92 Å². The van der Waals surface area contributed by atoms with Crippen molar-refractivity contribution >= 4 is 17.3 Å². The summed E-state index contributed by atoms with van der Waals surface area (Å²) in [7, 11) is 0. The second-order valence-electron chi connectivity index (χ2n) is 6.52. The van der Waals surface area contributed by atoms with Crippen molar-refractivity contribution in [2.75, 3.05) is 13.2 Å². The first-order valence-electron chi connectivity index (χ1n) is 9.35. The highest BCUT2D eigenvalue weighted by atomic mass is 16.6. The maximum atomic E-state index is 10.8. The maximum absolute atomic E-state index is 10.8. The molecule has 0 bridgehead atoms. The number of nitro benzene ring substituents is 1. The Kier molecular flexibility index (Phi) is 6.80. The number of ether oxygens (including phenoxy) is 2. The lowest BCUT2D eigenvalue weighted by Gasteiger charge is -2.11. The summed E-state index contributed by atoms with van der Waals surface area (Å²) in [5.74, 6) is 1.40. The summed E-state index contributed by atoms with van der Waals surface area (Å²) in [6.07, 6.45) is 1.71. The van der Waals surface area contributed by atoms with Gasteiger partial charge in [0.25, 0.3) is 5.69 Å². The number of nitrogens with zero attached hydrogens (tertiary/aromatic N) is 2. The molecule has 0 amide bonds. The number of hydrogen-bond acceptors (Lipinski definition) is 5. The summed E-state index contributed by atoms with van der Waals surface area (Å²) >= 11 is 0. The Labute approximate surface area is 174 Å². The third-order valence-corrected chi connectivity index (χ3v) is 4.36. The fourth-order valence-corrected chi connectivity index (χ4v) is 2.78. The molecule has 0 aromatic heterocycles. The van der Waals surface area contributed by atoms with Crippen LogP contribution in [-0.4, -0.2) is 18.1 Å². The van der Waals surface area contributed by atoms with E-state index < -0.39 is 4.92 Å². The standard InChI is InChI=1S/C24H20N2O4/c1-18-6-12-23(13-7-18)29-14-15-30-24-5-3-2-4-20(24)16-21(17-25)19-8-10-22(11-9-19)26(27)28/h2-13,16H,14-15H2,1H3. The van der Waals surface area contributed by atoms with Crippen LogP contribution in [0.15, 0.2) is 72.8 Å². The molecule has 6 heteroatoms. The summed E-state index contributed by atoms with van der Waals surface area (Å²) in [6, 6.07) is 23.2. The molecule has 3 aromatic rings. The van der Waals surface area contributed by atoms with E-state index in [1.807, 2.05) is 55.5 Å². The SMILES string of the molecule is Cc1ccc(OCCOc2ccccc2C=C(C#N)c2ccc([N+](=O)[O-])cc2)cc1. The van der Waals surface area contributed by atoms with Crippen molar-refractivity contribution in [3.8, 4) is 17.6 Å². The van der Waals surface area contributed by atoms with Crippen molar-refractivity contribution in [3.63, 3.8) is 0 Å². The van der Waals surface area contributed by atoms with E-state index in [9.17, 15) is 15.4 Å². The van der Waals surface area contributed by atoms with E-state index in [1.165, 1.54) is 17.7 Å². The van der Waals surface area contributed by atoms with Gasteiger partial charge in [0.2, 0.25) is 0 Å². The molecule has 0 N–H and O–H groups in total. The lowest BCUT2D eigenvalue weighted by molar-refractivity contribution is -0.384. The summed E-state index contributed by atoms with van der Waals surface area (Å²) in [5.41, 5.74) is 2.87. The van der Waals surface area contributed by atoms with Gasteiger partial charge in [-0.1, -0.05) is 35.9 Å². The molecule has 0 radical (unpaired) electrons. The van der Waals surface area contributed by atoms with Crippen LogP contribution in [0.4, 0.5) is 5.69 Å². The van der Waals surface area contributed by atoms with Crippen LogP contribution in [-0.2, 0) is 0 Å². The Morgan fingerprint density at radius 3 is 2.33 bits per heavy atom. The van der Waals surface area contributed by atoms with Crippen LogP contribution >= 0.6 is 0 Å². The van der Waals surface area contributed by atoms with Gasteiger partial charge >= 0.3 is 0 Å². The Morgan fingerprint density at radius 2 is 1.67 bits per heavy atom. The van der Waals surface area contributed by atoms with Gasteiger partial charge in [-0.15, -0.1) is 0 Å². The van der Waals surface area contributed by atoms with Crippen molar-refractivity contribution in [1.82, 2.24) is 0 Å². The van der Waals surface area contributed by atoms with Crippen LogP contribution in [0.5, 0.6) is 11.5 Å². The molecule has 0 heterocycles. The van der Waals surface area contributed by atoms with Gasteiger partial charge in [0.15, 0.2) is 0 Å². The van der Waals surface area contributed by atoms with E-state index in [0.717, 1.165) is 11.3 Å². The monoisotopic (exact) mass is 400 g/mol. The molecular weight excluding hydrogens is 380 g/mol. The molecule has 0 atom stereocenters. The fraction of sp³-hybridized carbons (Fsp3) is 0.125. The number of rotatable bonds is 8. The first-order valence-corrected chi connectivity index (χ1v) is 9.35. The molecule has 0 aliphatic carbocycles. The molecule has 0 fully saturated rings. The van der Waals surface area contributed by atoms with Crippen LogP contribution in [0.3, 0.4) is 0 Å². The smallest absolute Gasteiger partial charge is 0.269 e. The summed E-state index contributed by atoms with van der Waals surface area (Å²) in [4.78, 5) is 10.3. The predicted molar refractivity (Wildman–Crippen MR) is 115 cm³/mol. The van der Waals surface area contributed by atoms with Crippen molar-refractivity contribution in [1.29, 1.82) is 5.26 Å². The van der Waals surface area contributed by atoms with Crippen LogP contribution in [0, 0.1) is 28.4 Å². The van der Waals surface area contributed by atoms with E-state index in [4.69, 9.17) is 9.47 Å². The number of hydrogen-bond donors (Lipinski definition) is 0. The van der Waals surface area contributed by atoms with Gasteiger partial charge < -0.3 is 9.47 Å². The molecule has 150 valence electrons. The zero-order valence-electron chi connectivity index (χ0n) is 16.4. The minimum absolute atomic E-state index is 0.0200. The van der Waals surface area contributed by atoms with Gasteiger partial charge in [0.05, 0.1) is 16.6 Å². The zero-order valence-corrected chi connectivity index (χ0v) is 16.4. The van der Waals surface area contributed by atoms with Crippen molar-refractivity contribution in [3.05, 3.63) is 99.6 Å². The van der Waals surface area contributed by atoms with Crippen molar-refractivity contribution in [2.24, 2.45) is 0 Å². The van der Waals surface area contributed by atoms with Gasteiger partial charge in [0, 0.05) is 17.7 Å². The highest BCUT2D eigenvalue weighted by Crippen LogP contribution is 2.25. The number of nitriles is 1. The number of benzene rings is 3. The minimum Gasteiger partial charge on any atom is -0.490 e. The highest BCUT2D eigenvalue weighted by molar-refractivity contribution is 5.90. The Bertz CT molecular complexity index is 1080. The van der Waals surface area contributed by atoms with Gasteiger partial charge in [-0.25, -0.2) is 0 Å². The van der Waals surface area contributed by atoms with Crippen LogP contribution in [0.2, 0.25) is 0 Å². The molecule has 0 saturated heterocycles. The van der Waals surface area contributed by atoms with Gasteiger partial charge in [-0.2, -0.15) is 5.26 Å². The van der Waals surface area contributed by atoms with E-state index >= 15 is 0 Å². The summed E-state index contributed by atoms with van der Waals surface area (Å²) in [5, 5.41) is 20.4. The first-order chi connectivity index (χ1) is 14.6. The maximum Gasteiger partial charge on any atom is 0.269 e. The number of non-ortho nitro benzene ring substituents is 1. The molecular formula is C24H20N2O4. The normalized spacial score (nSPS) is 10.9. The summed E-state index contributed by atoms with van der Waals surface area (Å²) < 4.78 is 11.5. The lowest BCUT2D eigenvalue weighted by Crippen LogP contribution is -2.09. The molecule has 0 aliphatic rings. The lowest BCUT2D eigenvalue weighted by atomic mass is 10.0. The molecule has 0 saturated carbocycles. The van der Waals surface area contributed by atoms with E-state index in [0.29, 0.717) is 30.1 Å². The highest BCUT2D eigenvalue weighted by Gasteiger charge is 2.08. The average Bonchev–Trinajstić information content (AvgIpc) is 2.77.